The second-order valence-corrected chi connectivity index (χ2v) is 5.39. The van der Waals surface area contributed by atoms with Gasteiger partial charge in [0.1, 0.15) is 5.82 Å². The standard InChI is InChI=1S/C18H17FN4O2/c1-2-11-20-18(24)21-15-9-5-12(6-10-15)16-22-17(25-23-16)13-3-7-14(19)8-4-13/h3-10H,2,11H2,1H3,(H2,20,21,24). The Kier molecular flexibility index (Phi) is 5.03. The first-order valence-corrected chi connectivity index (χ1v) is 7.90. The van der Waals surface area contributed by atoms with Crippen molar-refractivity contribution in [3.63, 3.8) is 0 Å². The molecule has 2 amide bonds. The second-order valence-electron chi connectivity index (χ2n) is 5.39. The third kappa shape index (κ3) is 4.20. The van der Waals surface area contributed by atoms with Crippen LogP contribution in [0, 0.1) is 5.82 Å². The maximum atomic E-state index is 13.0. The molecule has 0 aliphatic heterocycles. The first kappa shape index (κ1) is 16.6. The van der Waals surface area contributed by atoms with Crippen LogP contribution < -0.4 is 10.6 Å². The molecule has 0 saturated heterocycles. The fraction of sp³-hybridized carbons (Fsp3) is 0.167. The van der Waals surface area contributed by atoms with Gasteiger partial charge in [0.05, 0.1) is 0 Å². The molecule has 1 heterocycles. The van der Waals surface area contributed by atoms with E-state index < -0.39 is 0 Å². The van der Waals surface area contributed by atoms with Crippen molar-refractivity contribution < 1.29 is 13.7 Å². The summed E-state index contributed by atoms with van der Waals surface area (Å²) in [7, 11) is 0. The van der Waals surface area contributed by atoms with Crippen LogP contribution in [0.25, 0.3) is 22.8 Å². The molecule has 7 heteroatoms. The number of nitrogens with zero attached hydrogens (tertiary/aromatic N) is 2. The van der Waals surface area contributed by atoms with Gasteiger partial charge in [-0.1, -0.05) is 12.1 Å². The van der Waals surface area contributed by atoms with Crippen molar-refractivity contribution in [1.82, 2.24) is 15.5 Å². The molecular formula is C18H17FN4O2. The summed E-state index contributed by atoms with van der Waals surface area (Å²) in [5, 5.41) is 9.41. The first-order chi connectivity index (χ1) is 12.2. The Bertz CT molecular complexity index is 844. The number of carbonyl (C=O) groups is 1. The fourth-order valence-electron chi connectivity index (χ4n) is 2.17. The predicted octanol–water partition coefficient (Wildman–Crippen LogP) is 4.07. The van der Waals surface area contributed by atoms with Gasteiger partial charge in [-0.25, -0.2) is 9.18 Å². The number of nitrogens with one attached hydrogen (secondary N) is 2. The Morgan fingerprint density at radius 2 is 1.76 bits per heavy atom. The van der Waals surface area contributed by atoms with Gasteiger partial charge in [-0.2, -0.15) is 4.98 Å². The summed E-state index contributed by atoms with van der Waals surface area (Å²) in [5.74, 6) is 0.409. The molecule has 0 unspecified atom stereocenters. The number of hydrogen-bond acceptors (Lipinski definition) is 4. The van der Waals surface area contributed by atoms with Crippen LogP contribution in [-0.2, 0) is 0 Å². The van der Waals surface area contributed by atoms with Gasteiger partial charge >= 0.3 is 6.03 Å². The van der Waals surface area contributed by atoms with Crippen molar-refractivity contribution in [2.24, 2.45) is 0 Å². The van der Waals surface area contributed by atoms with Crippen molar-refractivity contribution in [2.45, 2.75) is 13.3 Å². The molecule has 2 aromatic carbocycles. The molecule has 6 nitrogen and oxygen atoms in total. The number of carbonyl (C=O) groups excluding carboxylic acids is 1. The molecule has 3 rings (SSSR count). The van der Waals surface area contributed by atoms with Crippen molar-refractivity contribution in [1.29, 1.82) is 0 Å². The Balaban J connectivity index is 1.70. The summed E-state index contributed by atoms with van der Waals surface area (Å²) in [6, 6.07) is 12.7. The average molecular weight is 340 g/mol. The van der Waals surface area contributed by atoms with Crippen LogP contribution >= 0.6 is 0 Å². The summed E-state index contributed by atoms with van der Waals surface area (Å²) in [6.07, 6.45) is 0.876. The lowest BCUT2D eigenvalue weighted by atomic mass is 10.2. The van der Waals surface area contributed by atoms with Crippen molar-refractivity contribution in [3.8, 4) is 22.8 Å². The van der Waals surface area contributed by atoms with E-state index in [4.69, 9.17) is 4.52 Å². The van der Waals surface area contributed by atoms with Crippen LogP contribution in [0.5, 0.6) is 0 Å². The van der Waals surface area contributed by atoms with Crippen molar-refractivity contribution in [2.75, 3.05) is 11.9 Å². The summed E-state index contributed by atoms with van der Waals surface area (Å²) in [6.45, 7) is 2.61. The number of anilines is 1. The predicted molar refractivity (Wildman–Crippen MR) is 92.4 cm³/mol. The molecule has 2 N–H and O–H groups in total. The molecule has 0 bridgehead atoms. The molecule has 0 aliphatic carbocycles. The molecule has 0 radical (unpaired) electrons. The molecule has 0 spiro atoms. The molecule has 0 atom stereocenters. The average Bonchev–Trinajstić information content (AvgIpc) is 3.11. The van der Waals surface area contributed by atoms with E-state index in [-0.39, 0.29) is 11.8 Å². The summed E-state index contributed by atoms with van der Waals surface area (Å²) in [4.78, 5) is 15.9. The van der Waals surface area contributed by atoms with Gasteiger partial charge in [0, 0.05) is 23.4 Å². The number of aromatic nitrogens is 2. The zero-order valence-electron chi connectivity index (χ0n) is 13.6. The Morgan fingerprint density at radius 1 is 1.08 bits per heavy atom. The Morgan fingerprint density at radius 3 is 2.44 bits per heavy atom. The van der Waals surface area contributed by atoms with Crippen LogP contribution in [0.15, 0.2) is 53.1 Å². The van der Waals surface area contributed by atoms with E-state index in [0.29, 0.717) is 29.5 Å². The van der Waals surface area contributed by atoms with Gasteiger partial charge in [0.2, 0.25) is 5.82 Å². The van der Waals surface area contributed by atoms with E-state index in [0.717, 1.165) is 12.0 Å². The van der Waals surface area contributed by atoms with Gasteiger partial charge in [0.25, 0.3) is 5.89 Å². The number of halogens is 1. The maximum Gasteiger partial charge on any atom is 0.319 e. The van der Waals surface area contributed by atoms with Gasteiger partial charge in [0.15, 0.2) is 0 Å². The molecule has 0 saturated carbocycles. The minimum absolute atomic E-state index is 0.243. The highest BCUT2D eigenvalue weighted by Crippen LogP contribution is 2.23. The maximum absolute atomic E-state index is 13.0. The highest BCUT2D eigenvalue weighted by molar-refractivity contribution is 5.89. The first-order valence-electron chi connectivity index (χ1n) is 7.90. The zero-order valence-corrected chi connectivity index (χ0v) is 13.6. The third-order valence-corrected chi connectivity index (χ3v) is 3.45. The van der Waals surface area contributed by atoms with Crippen molar-refractivity contribution in [3.05, 3.63) is 54.3 Å². The topological polar surface area (TPSA) is 80.0 Å². The smallest absolute Gasteiger partial charge is 0.319 e. The summed E-state index contributed by atoms with van der Waals surface area (Å²) < 4.78 is 18.2. The van der Waals surface area contributed by atoms with E-state index in [2.05, 4.69) is 20.8 Å². The van der Waals surface area contributed by atoms with E-state index in [9.17, 15) is 9.18 Å². The van der Waals surface area contributed by atoms with Crippen LogP contribution in [-0.4, -0.2) is 22.7 Å². The van der Waals surface area contributed by atoms with E-state index in [1.807, 2.05) is 6.92 Å². The largest absolute Gasteiger partial charge is 0.338 e. The zero-order chi connectivity index (χ0) is 17.6. The van der Waals surface area contributed by atoms with E-state index in [1.165, 1.54) is 12.1 Å². The van der Waals surface area contributed by atoms with Crippen LogP contribution in [0.2, 0.25) is 0 Å². The van der Waals surface area contributed by atoms with Gasteiger partial charge in [-0.3, -0.25) is 0 Å². The lowest BCUT2D eigenvalue weighted by molar-refractivity contribution is 0.252. The normalized spacial score (nSPS) is 10.5. The molecule has 0 fully saturated rings. The minimum atomic E-state index is -0.324. The molecule has 3 aromatic rings. The molecule has 128 valence electrons. The van der Waals surface area contributed by atoms with Crippen LogP contribution in [0.4, 0.5) is 14.9 Å². The van der Waals surface area contributed by atoms with Gasteiger partial charge < -0.3 is 15.2 Å². The summed E-state index contributed by atoms with van der Waals surface area (Å²) >= 11 is 0. The number of rotatable bonds is 5. The second kappa shape index (κ2) is 7.57. The molecular weight excluding hydrogens is 323 g/mol. The van der Waals surface area contributed by atoms with Gasteiger partial charge in [-0.15, -0.1) is 0 Å². The number of benzene rings is 2. The molecule has 1 aromatic heterocycles. The van der Waals surface area contributed by atoms with Crippen LogP contribution in [0.1, 0.15) is 13.3 Å². The fourth-order valence-corrected chi connectivity index (χ4v) is 2.17. The van der Waals surface area contributed by atoms with Crippen LogP contribution in [0.3, 0.4) is 0 Å². The number of hydrogen-bond donors (Lipinski definition) is 2. The number of amides is 2. The minimum Gasteiger partial charge on any atom is -0.338 e. The molecule has 0 aliphatic rings. The van der Waals surface area contributed by atoms with E-state index in [1.54, 1.807) is 36.4 Å². The highest BCUT2D eigenvalue weighted by atomic mass is 19.1. The summed E-state index contributed by atoms with van der Waals surface area (Å²) in [5.41, 5.74) is 2.06. The lowest BCUT2D eigenvalue weighted by Crippen LogP contribution is -2.29. The van der Waals surface area contributed by atoms with E-state index >= 15 is 0 Å². The quantitative estimate of drug-likeness (QED) is 0.733. The Labute approximate surface area is 144 Å². The van der Waals surface area contributed by atoms with Crippen molar-refractivity contribution >= 4 is 11.7 Å². The Hall–Kier alpha value is -3.22. The molecule has 25 heavy (non-hydrogen) atoms. The third-order valence-electron chi connectivity index (χ3n) is 3.45. The highest BCUT2D eigenvalue weighted by Gasteiger charge is 2.11. The number of urea groups is 1. The monoisotopic (exact) mass is 340 g/mol. The lowest BCUT2D eigenvalue weighted by Gasteiger charge is -2.06. The van der Waals surface area contributed by atoms with Gasteiger partial charge in [-0.05, 0) is 55.0 Å². The SMILES string of the molecule is CCCNC(=O)Nc1ccc(-c2noc(-c3ccc(F)cc3)n2)cc1.